The number of nitrogens with one attached hydrogen (secondary N) is 1. The summed E-state index contributed by atoms with van der Waals surface area (Å²) in [5.41, 5.74) is 0.876. The van der Waals surface area contributed by atoms with Gasteiger partial charge in [-0.1, -0.05) is 29.8 Å². The SMILES string of the molecule is CSc1ccc(S(=O)(=O)N(CC(=O)NCc2ccc(Cl)cc2)c2cccc(F)c2)cc1. The van der Waals surface area contributed by atoms with E-state index in [1.807, 2.05) is 6.26 Å². The van der Waals surface area contributed by atoms with Crippen molar-refractivity contribution < 1.29 is 17.6 Å². The third kappa shape index (κ3) is 6.00. The van der Waals surface area contributed by atoms with Gasteiger partial charge in [0.15, 0.2) is 0 Å². The Morgan fingerprint density at radius 1 is 1.06 bits per heavy atom. The molecule has 0 radical (unpaired) electrons. The first-order valence-corrected chi connectivity index (χ1v) is 12.3. The highest BCUT2D eigenvalue weighted by atomic mass is 35.5. The Bertz CT molecular complexity index is 1150. The van der Waals surface area contributed by atoms with Gasteiger partial charge in [-0.15, -0.1) is 11.8 Å². The number of benzene rings is 3. The van der Waals surface area contributed by atoms with Crippen molar-refractivity contribution in [1.82, 2.24) is 5.32 Å². The number of hydrogen-bond donors (Lipinski definition) is 1. The van der Waals surface area contributed by atoms with Gasteiger partial charge < -0.3 is 5.32 Å². The van der Waals surface area contributed by atoms with E-state index in [2.05, 4.69) is 5.32 Å². The van der Waals surface area contributed by atoms with Crippen molar-refractivity contribution in [3.63, 3.8) is 0 Å². The van der Waals surface area contributed by atoms with Gasteiger partial charge in [-0.05, 0) is 66.4 Å². The Balaban J connectivity index is 1.85. The average molecular weight is 479 g/mol. The minimum Gasteiger partial charge on any atom is -0.350 e. The van der Waals surface area contributed by atoms with Crippen LogP contribution in [0.2, 0.25) is 5.02 Å². The molecule has 0 heterocycles. The molecule has 0 saturated heterocycles. The van der Waals surface area contributed by atoms with Gasteiger partial charge >= 0.3 is 0 Å². The first-order valence-electron chi connectivity index (χ1n) is 9.23. The van der Waals surface area contributed by atoms with Crippen LogP contribution in [0.25, 0.3) is 0 Å². The molecule has 0 aliphatic carbocycles. The smallest absolute Gasteiger partial charge is 0.264 e. The molecule has 0 fully saturated rings. The predicted octanol–water partition coefficient (Wildman–Crippen LogP) is 4.71. The van der Waals surface area contributed by atoms with Crippen molar-refractivity contribution in [3.05, 3.63) is 89.2 Å². The van der Waals surface area contributed by atoms with Crippen LogP contribution in [-0.2, 0) is 21.4 Å². The summed E-state index contributed by atoms with van der Waals surface area (Å²) in [6.07, 6.45) is 1.88. The van der Waals surface area contributed by atoms with Gasteiger partial charge in [0.05, 0.1) is 10.6 Å². The summed E-state index contributed by atoms with van der Waals surface area (Å²) in [6.45, 7) is -0.293. The molecule has 0 saturated carbocycles. The molecule has 0 spiro atoms. The van der Waals surface area contributed by atoms with Crippen LogP contribution in [0.1, 0.15) is 5.56 Å². The number of sulfonamides is 1. The van der Waals surface area contributed by atoms with Crippen LogP contribution in [0, 0.1) is 5.82 Å². The predicted molar refractivity (Wildman–Crippen MR) is 122 cm³/mol. The molecule has 3 aromatic carbocycles. The van der Waals surface area contributed by atoms with E-state index < -0.39 is 28.3 Å². The van der Waals surface area contributed by atoms with E-state index in [0.29, 0.717) is 5.02 Å². The molecule has 1 N–H and O–H groups in total. The lowest BCUT2D eigenvalue weighted by atomic mass is 10.2. The largest absolute Gasteiger partial charge is 0.350 e. The van der Waals surface area contributed by atoms with E-state index in [1.54, 1.807) is 36.4 Å². The number of thioether (sulfide) groups is 1. The van der Waals surface area contributed by atoms with Crippen LogP contribution < -0.4 is 9.62 Å². The van der Waals surface area contributed by atoms with Gasteiger partial charge in [0.25, 0.3) is 10.0 Å². The maximum atomic E-state index is 13.8. The van der Waals surface area contributed by atoms with E-state index in [9.17, 15) is 17.6 Å². The Kier molecular flexibility index (Phi) is 7.59. The minimum absolute atomic E-state index is 0.0139. The topological polar surface area (TPSA) is 66.5 Å². The maximum absolute atomic E-state index is 13.8. The molecule has 1 amide bonds. The Hall–Kier alpha value is -2.55. The Morgan fingerprint density at radius 2 is 1.74 bits per heavy atom. The Morgan fingerprint density at radius 3 is 2.35 bits per heavy atom. The lowest BCUT2D eigenvalue weighted by Gasteiger charge is -2.24. The number of amides is 1. The lowest BCUT2D eigenvalue weighted by Crippen LogP contribution is -2.40. The van der Waals surface area contributed by atoms with Crippen molar-refractivity contribution in [2.45, 2.75) is 16.3 Å². The van der Waals surface area contributed by atoms with Crippen molar-refractivity contribution in [1.29, 1.82) is 0 Å². The summed E-state index contributed by atoms with van der Waals surface area (Å²) in [5, 5.41) is 3.26. The summed E-state index contributed by atoms with van der Waals surface area (Å²) in [4.78, 5) is 13.5. The van der Waals surface area contributed by atoms with Gasteiger partial charge in [-0.3, -0.25) is 9.10 Å². The number of carbonyl (C=O) groups excluding carboxylic acids is 1. The van der Waals surface area contributed by atoms with Crippen LogP contribution in [0.3, 0.4) is 0 Å². The fourth-order valence-corrected chi connectivity index (χ4v) is 4.76. The molecule has 31 heavy (non-hydrogen) atoms. The number of anilines is 1. The zero-order valence-corrected chi connectivity index (χ0v) is 19.0. The average Bonchev–Trinajstić information content (AvgIpc) is 2.77. The van der Waals surface area contributed by atoms with Crippen molar-refractivity contribution in [2.24, 2.45) is 0 Å². The molecule has 0 aliphatic rings. The molecule has 3 rings (SSSR count). The van der Waals surface area contributed by atoms with E-state index in [0.717, 1.165) is 20.8 Å². The van der Waals surface area contributed by atoms with E-state index >= 15 is 0 Å². The van der Waals surface area contributed by atoms with E-state index in [-0.39, 0.29) is 17.1 Å². The summed E-state index contributed by atoms with van der Waals surface area (Å²) in [5.74, 6) is -1.12. The molecule has 0 unspecified atom stereocenters. The number of carbonyl (C=O) groups is 1. The highest BCUT2D eigenvalue weighted by Gasteiger charge is 2.27. The highest BCUT2D eigenvalue weighted by molar-refractivity contribution is 7.98. The zero-order valence-electron chi connectivity index (χ0n) is 16.6. The normalized spacial score (nSPS) is 11.2. The van der Waals surface area contributed by atoms with Crippen molar-refractivity contribution >= 4 is 45.0 Å². The first kappa shape index (κ1) is 23.1. The van der Waals surface area contributed by atoms with Crippen LogP contribution in [0.4, 0.5) is 10.1 Å². The fourth-order valence-electron chi connectivity index (χ4n) is 2.81. The number of rotatable bonds is 8. The second-order valence-corrected chi connectivity index (χ2v) is 9.75. The molecule has 162 valence electrons. The third-order valence-corrected chi connectivity index (χ3v) is 7.22. The van der Waals surface area contributed by atoms with Crippen LogP contribution in [-0.4, -0.2) is 27.1 Å². The molecule has 3 aromatic rings. The van der Waals surface area contributed by atoms with Crippen LogP contribution in [0.5, 0.6) is 0 Å². The second-order valence-electron chi connectivity index (χ2n) is 6.57. The first-order chi connectivity index (χ1) is 14.8. The third-order valence-electron chi connectivity index (χ3n) is 4.43. The van der Waals surface area contributed by atoms with Gasteiger partial charge in [-0.25, -0.2) is 12.8 Å². The molecule has 0 atom stereocenters. The number of nitrogens with zero attached hydrogens (tertiary/aromatic N) is 1. The minimum atomic E-state index is -4.10. The van der Waals surface area contributed by atoms with Gasteiger partial charge in [0, 0.05) is 16.5 Å². The van der Waals surface area contributed by atoms with Gasteiger partial charge in [0.2, 0.25) is 5.91 Å². The maximum Gasteiger partial charge on any atom is 0.264 e. The van der Waals surface area contributed by atoms with Crippen LogP contribution >= 0.6 is 23.4 Å². The monoisotopic (exact) mass is 478 g/mol. The molecular weight excluding hydrogens is 459 g/mol. The van der Waals surface area contributed by atoms with E-state index in [4.69, 9.17) is 11.6 Å². The zero-order chi connectivity index (χ0) is 22.4. The molecule has 0 bridgehead atoms. The quantitative estimate of drug-likeness (QED) is 0.476. The summed E-state index contributed by atoms with van der Waals surface area (Å²) < 4.78 is 41.3. The highest BCUT2D eigenvalue weighted by Crippen LogP contribution is 2.26. The second kappa shape index (κ2) is 10.2. The Labute approximate surface area is 190 Å². The molecule has 0 aliphatic heterocycles. The molecule has 0 aromatic heterocycles. The van der Waals surface area contributed by atoms with Crippen molar-refractivity contribution in [3.8, 4) is 0 Å². The summed E-state index contributed by atoms with van der Waals surface area (Å²) in [6, 6.07) is 18.4. The molecular formula is C22H20ClFN2O3S2. The van der Waals surface area contributed by atoms with Crippen molar-refractivity contribution in [2.75, 3.05) is 17.1 Å². The molecule has 5 nitrogen and oxygen atoms in total. The summed E-state index contributed by atoms with van der Waals surface area (Å²) >= 11 is 7.34. The lowest BCUT2D eigenvalue weighted by molar-refractivity contribution is -0.119. The number of hydrogen-bond acceptors (Lipinski definition) is 4. The van der Waals surface area contributed by atoms with Crippen LogP contribution in [0.15, 0.2) is 82.6 Å². The van der Waals surface area contributed by atoms with Gasteiger partial charge in [-0.2, -0.15) is 0 Å². The summed E-state index contributed by atoms with van der Waals surface area (Å²) in [7, 11) is -4.10. The van der Waals surface area contributed by atoms with Gasteiger partial charge in [0.1, 0.15) is 12.4 Å². The standard InChI is InChI=1S/C22H20ClFN2O3S2/c1-30-20-9-11-21(12-10-20)31(28,29)26(19-4-2-3-18(24)13-19)15-22(27)25-14-16-5-7-17(23)8-6-16/h2-13H,14-15H2,1H3,(H,25,27). The number of halogens is 2. The fraction of sp³-hybridized carbons (Fsp3) is 0.136. The van der Waals surface area contributed by atoms with E-state index in [1.165, 1.54) is 42.1 Å². The molecule has 9 heteroatoms.